The normalized spacial score (nSPS) is 28.5. The third kappa shape index (κ3) is 3.53. The lowest BCUT2D eigenvalue weighted by molar-refractivity contribution is -0.129. The molecule has 0 radical (unpaired) electrons. The molecular formula is C32H25NO4. The Labute approximate surface area is 214 Å². The number of Topliss-reactive ketones (excluding diaryl/α,β-unsaturated/α-hetero) is 3. The van der Waals surface area contributed by atoms with Crippen LogP contribution in [0, 0.1) is 17.8 Å². The quantitative estimate of drug-likeness (QED) is 0.653. The summed E-state index contributed by atoms with van der Waals surface area (Å²) in [5, 5.41) is 0. The first kappa shape index (κ1) is 23.0. The lowest BCUT2D eigenvalue weighted by atomic mass is 9.59. The largest absolute Gasteiger partial charge is 0.366 e. The van der Waals surface area contributed by atoms with Crippen molar-refractivity contribution >= 4 is 23.3 Å². The van der Waals surface area contributed by atoms with E-state index in [0.29, 0.717) is 33.4 Å². The van der Waals surface area contributed by atoms with Crippen molar-refractivity contribution in [3.8, 4) is 0 Å². The molecule has 0 fully saturated rings. The molecule has 5 nitrogen and oxygen atoms in total. The molecule has 0 heterocycles. The van der Waals surface area contributed by atoms with Crippen molar-refractivity contribution in [1.29, 1.82) is 0 Å². The molecule has 0 bridgehead atoms. The van der Waals surface area contributed by atoms with Crippen LogP contribution in [0.1, 0.15) is 29.9 Å². The lowest BCUT2D eigenvalue weighted by Crippen LogP contribution is -2.42. The summed E-state index contributed by atoms with van der Waals surface area (Å²) in [7, 11) is 0. The predicted octanol–water partition coefficient (Wildman–Crippen LogP) is 4.30. The van der Waals surface area contributed by atoms with Gasteiger partial charge in [-0.25, -0.2) is 0 Å². The van der Waals surface area contributed by atoms with E-state index >= 15 is 0 Å². The topological polar surface area (TPSA) is 94.3 Å². The maximum atomic E-state index is 14.2. The molecule has 2 N–H and O–H groups in total. The molecule has 37 heavy (non-hydrogen) atoms. The van der Waals surface area contributed by atoms with E-state index in [4.69, 9.17) is 5.73 Å². The number of carbonyl (C=O) groups is 4. The van der Waals surface area contributed by atoms with Crippen LogP contribution in [-0.2, 0) is 19.2 Å². The highest BCUT2D eigenvalue weighted by atomic mass is 16.2. The summed E-state index contributed by atoms with van der Waals surface area (Å²) in [6.45, 7) is 1.78. The van der Waals surface area contributed by atoms with E-state index in [1.165, 1.54) is 0 Å². The van der Waals surface area contributed by atoms with Gasteiger partial charge >= 0.3 is 0 Å². The first-order chi connectivity index (χ1) is 17.9. The number of benzene rings is 2. The van der Waals surface area contributed by atoms with Crippen LogP contribution in [-0.4, -0.2) is 23.3 Å². The fourth-order valence-corrected chi connectivity index (χ4v) is 6.16. The standard InChI is InChI=1S/C32H25NO4/c1-17-25-26(18-8-4-2-5-9-18)30(35)27(19-10-6-3-7-11-19)31(36)28(25)23-15-20-12-13-21(32(33)37)14-22(20)16-24(23)29(17)34/h2-17,20,22,26-27H,1H3,(H2,33,37). The number of nitrogens with two attached hydrogens (primary N) is 1. The number of amides is 1. The molecule has 5 unspecified atom stereocenters. The first-order valence-electron chi connectivity index (χ1n) is 12.5. The number of hydrogen-bond acceptors (Lipinski definition) is 4. The second kappa shape index (κ2) is 8.63. The Morgan fingerprint density at radius 1 is 0.730 bits per heavy atom. The minimum absolute atomic E-state index is 0.119. The third-order valence-electron chi connectivity index (χ3n) is 7.95. The molecule has 2 aromatic rings. The number of ketones is 3. The van der Waals surface area contributed by atoms with Crippen LogP contribution < -0.4 is 5.73 Å². The van der Waals surface area contributed by atoms with Crippen LogP contribution in [0.25, 0.3) is 0 Å². The zero-order valence-electron chi connectivity index (χ0n) is 20.3. The van der Waals surface area contributed by atoms with Gasteiger partial charge in [0.25, 0.3) is 0 Å². The lowest BCUT2D eigenvalue weighted by Gasteiger charge is -2.41. The molecule has 0 saturated carbocycles. The molecule has 5 heteroatoms. The fourth-order valence-electron chi connectivity index (χ4n) is 6.16. The summed E-state index contributed by atoms with van der Waals surface area (Å²) in [6, 6.07) is 18.5. The average Bonchev–Trinajstić information content (AvgIpc) is 2.91. The second-order valence-electron chi connectivity index (χ2n) is 10.0. The van der Waals surface area contributed by atoms with Crippen molar-refractivity contribution in [3.05, 3.63) is 130 Å². The molecule has 1 amide bonds. The summed E-state index contributed by atoms with van der Waals surface area (Å²) in [5.74, 6) is -3.72. The van der Waals surface area contributed by atoms with Crippen molar-refractivity contribution in [2.45, 2.75) is 18.8 Å². The van der Waals surface area contributed by atoms with E-state index in [0.717, 1.165) is 5.56 Å². The monoisotopic (exact) mass is 487 g/mol. The summed E-state index contributed by atoms with van der Waals surface area (Å²) >= 11 is 0. The van der Waals surface area contributed by atoms with Gasteiger partial charge in [0.2, 0.25) is 5.91 Å². The summed E-state index contributed by atoms with van der Waals surface area (Å²) in [6.07, 6.45) is 9.15. The van der Waals surface area contributed by atoms with Crippen LogP contribution in [0.15, 0.2) is 119 Å². The van der Waals surface area contributed by atoms with E-state index in [1.807, 2.05) is 78.9 Å². The number of primary amides is 1. The molecular weight excluding hydrogens is 462 g/mol. The Morgan fingerprint density at radius 2 is 1.32 bits per heavy atom. The Bertz CT molecular complexity index is 1520. The highest BCUT2D eigenvalue weighted by molar-refractivity contribution is 6.26. The highest BCUT2D eigenvalue weighted by Crippen LogP contribution is 2.52. The SMILES string of the molecule is CC1C(=O)C2=CC3C=C(C(N)=O)C=CC3C=C2C2=C1C(c1ccccc1)C(=O)C(c1ccccc1)C2=O. The number of carbonyl (C=O) groups excluding carboxylic acids is 4. The van der Waals surface area contributed by atoms with Crippen molar-refractivity contribution in [2.75, 3.05) is 0 Å². The molecule has 2 aromatic carbocycles. The zero-order chi connectivity index (χ0) is 25.8. The summed E-state index contributed by atoms with van der Waals surface area (Å²) < 4.78 is 0. The molecule has 6 rings (SSSR count). The van der Waals surface area contributed by atoms with Gasteiger partial charge < -0.3 is 5.73 Å². The molecule has 5 atom stereocenters. The van der Waals surface area contributed by atoms with Crippen LogP contribution in [0.4, 0.5) is 0 Å². The van der Waals surface area contributed by atoms with Gasteiger partial charge in [-0.1, -0.05) is 98.0 Å². The maximum absolute atomic E-state index is 14.2. The highest BCUT2D eigenvalue weighted by Gasteiger charge is 2.51. The van der Waals surface area contributed by atoms with Crippen LogP contribution >= 0.6 is 0 Å². The van der Waals surface area contributed by atoms with Gasteiger partial charge in [0.05, 0.1) is 5.92 Å². The van der Waals surface area contributed by atoms with Gasteiger partial charge in [-0.05, 0) is 22.3 Å². The van der Waals surface area contributed by atoms with Gasteiger partial charge in [0.15, 0.2) is 17.3 Å². The zero-order valence-corrected chi connectivity index (χ0v) is 20.3. The average molecular weight is 488 g/mol. The molecule has 4 aliphatic rings. The molecule has 0 saturated heterocycles. The first-order valence-corrected chi connectivity index (χ1v) is 12.5. The van der Waals surface area contributed by atoms with E-state index in [-0.39, 0.29) is 29.2 Å². The van der Waals surface area contributed by atoms with Crippen molar-refractivity contribution < 1.29 is 19.2 Å². The van der Waals surface area contributed by atoms with E-state index in [9.17, 15) is 19.2 Å². The van der Waals surface area contributed by atoms with E-state index in [1.54, 1.807) is 19.1 Å². The van der Waals surface area contributed by atoms with Crippen LogP contribution in [0.2, 0.25) is 0 Å². The Balaban J connectivity index is 1.58. The van der Waals surface area contributed by atoms with Crippen LogP contribution in [0.3, 0.4) is 0 Å². The molecule has 0 aromatic heterocycles. The summed E-state index contributed by atoms with van der Waals surface area (Å²) in [5.41, 5.74) is 9.47. The predicted molar refractivity (Wildman–Crippen MR) is 139 cm³/mol. The number of allylic oxidation sites excluding steroid dienone is 8. The third-order valence-corrected chi connectivity index (χ3v) is 7.95. The fraction of sp³-hybridized carbons (Fsp3) is 0.188. The second-order valence-corrected chi connectivity index (χ2v) is 10.0. The Morgan fingerprint density at radius 3 is 1.95 bits per heavy atom. The molecule has 0 spiro atoms. The van der Waals surface area contributed by atoms with Gasteiger partial charge in [0, 0.05) is 34.5 Å². The van der Waals surface area contributed by atoms with Gasteiger partial charge in [-0.15, -0.1) is 0 Å². The maximum Gasteiger partial charge on any atom is 0.248 e. The van der Waals surface area contributed by atoms with Crippen molar-refractivity contribution in [3.63, 3.8) is 0 Å². The number of fused-ring (bicyclic) bond motifs is 3. The van der Waals surface area contributed by atoms with E-state index < -0.39 is 23.7 Å². The van der Waals surface area contributed by atoms with Gasteiger partial charge in [-0.2, -0.15) is 0 Å². The molecule has 0 aliphatic heterocycles. The minimum atomic E-state index is -0.950. The van der Waals surface area contributed by atoms with Gasteiger partial charge in [0.1, 0.15) is 5.92 Å². The Kier molecular flexibility index (Phi) is 5.37. The summed E-state index contributed by atoms with van der Waals surface area (Å²) in [4.78, 5) is 53.8. The molecule has 4 aliphatic carbocycles. The number of rotatable bonds is 3. The van der Waals surface area contributed by atoms with Gasteiger partial charge in [-0.3, -0.25) is 19.2 Å². The smallest absolute Gasteiger partial charge is 0.248 e. The van der Waals surface area contributed by atoms with Crippen LogP contribution in [0.5, 0.6) is 0 Å². The minimum Gasteiger partial charge on any atom is -0.366 e. The van der Waals surface area contributed by atoms with E-state index in [2.05, 4.69) is 0 Å². The Hall–Kier alpha value is -4.38. The van der Waals surface area contributed by atoms with Crippen molar-refractivity contribution in [2.24, 2.45) is 23.5 Å². The molecule has 182 valence electrons. The van der Waals surface area contributed by atoms with Crippen molar-refractivity contribution in [1.82, 2.24) is 0 Å². The number of hydrogen-bond donors (Lipinski definition) is 1.